The average Bonchev–Trinajstić information content (AvgIpc) is 3.46. The van der Waals surface area contributed by atoms with Crippen LogP contribution in [0, 0.1) is 5.41 Å². The number of carbonyl (C=O) groups excluding carboxylic acids is 1. The van der Waals surface area contributed by atoms with Crippen LogP contribution in [-0.2, 0) is 11.2 Å². The van der Waals surface area contributed by atoms with Crippen molar-refractivity contribution in [1.82, 2.24) is 19.6 Å². The molecule has 8 nitrogen and oxygen atoms in total. The Hall–Kier alpha value is -3.68. The molecule has 35 heavy (non-hydrogen) atoms. The third kappa shape index (κ3) is 4.92. The minimum Gasteiger partial charge on any atom is -0.449 e. The minimum atomic E-state index is -0.469. The number of pyridine rings is 1. The Labute approximate surface area is 204 Å². The molecule has 182 valence electrons. The van der Waals surface area contributed by atoms with E-state index in [2.05, 4.69) is 51.6 Å². The molecule has 1 aliphatic rings. The quantitative estimate of drug-likeness (QED) is 0.356. The standard InChI is InChI=1S/C27H32N6O2/c1-3-14-35-26(34)32-24-9-6-19-5-4-18(15-21(19)31-24)10-12-27(2)13-11-20(16-27)22-7-8-23-25(28)29-17-30-33(22)23/h4-9,15,17,20H,3,10-14,16H2,1-2H3,(H2,28,29,30)(H,31,32,34)/t20?,27-/m1/s1. The van der Waals surface area contributed by atoms with E-state index in [1.807, 2.05) is 23.6 Å². The number of nitrogens with one attached hydrogen (secondary N) is 1. The Morgan fingerprint density at radius 3 is 2.97 bits per heavy atom. The molecule has 3 heterocycles. The van der Waals surface area contributed by atoms with Gasteiger partial charge < -0.3 is 10.5 Å². The molecule has 4 aromatic rings. The molecule has 0 saturated heterocycles. The molecule has 1 saturated carbocycles. The number of hydrogen-bond donors (Lipinski definition) is 2. The fraction of sp³-hybridized carbons (Fsp3) is 0.407. The van der Waals surface area contributed by atoms with Gasteiger partial charge in [-0.05, 0) is 79.8 Å². The number of aryl methyl sites for hydroxylation is 1. The smallest absolute Gasteiger partial charge is 0.412 e. The molecule has 0 bridgehead atoms. The first kappa shape index (κ1) is 23.1. The molecule has 1 aromatic carbocycles. The molecule has 1 fully saturated rings. The van der Waals surface area contributed by atoms with Crippen LogP contribution in [0.25, 0.3) is 16.4 Å². The number of hydrogen-bond acceptors (Lipinski definition) is 6. The largest absolute Gasteiger partial charge is 0.449 e. The predicted octanol–water partition coefficient (Wildman–Crippen LogP) is 5.72. The van der Waals surface area contributed by atoms with Gasteiger partial charge in [-0.3, -0.25) is 5.32 Å². The number of aromatic nitrogens is 4. The van der Waals surface area contributed by atoms with Crippen LogP contribution < -0.4 is 11.1 Å². The molecule has 1 unspecified atom stereocenters. The Bertz CT molecular complexity index is 1370. The van der Waals surface area contributed by atoms with Crippen molar-refractivity contribution in [2.45, 2.75) is 58.3 Å². The zero-order chi connectivity index (χ0) is 24.4. The van der Waals surface area contributed by atoms with Crippen molar-refractivity contribution in [1.29, 1.82) is 0 Å². The van der Waals surface area contributed by atoms with Gasteiger partial charge >= 0.3 is 6.09 Å². The monoisotopic (exact) mass is 472 g/mol. The molecule has 1 amide bonds. The lowest BCUT2D eigenvalue weighted by Gasteiger charge is -2.24. The highest BCUT2D eigenvalue weighted by atomic mass is 16.5. The van der Waals surface area contributed by atoms with Crippen LogP contribution in [0.5, 0.6) is 0 Å². The summed E-state index contributed by atoms with van der Waals surface area (Å²) >= 11 is 0. The van der Waals surface area contributed by atoms with Gasteiger partial charge in [-0.25, -0.2) is 19.3 Å². The van der Waals surface area contributed by atoms with Gasteiger partial charge in [0, 0.05) is 17.0 Å². The fourth-order valence-electron chi connectivity index (χ4n) is 5.25. The molecule has 1 aliphatic carbocycles. The van der Waals surface area contributed by atoms with Crippen LogP contribution in [-0.4, -0.2) is 32.3 Å². The highest BCUT2D eigenvalue weighted by Gasteiger charge is 2.36. The van der Waals surface area contributed by atoms with Gasteiger partial charge in [0.25, 0.3) is 0 Å². The summed E-state index contributed by atoms with van der Waals surface area (Å²) < 4.78 is 7.05. The van der Waals surface area contributed by atoms with E-state index in [9.17, 15) is 4.79 Å². The highest BCUT2D eigenvalue weighted by molar-refractivity contribution is 5.87. The van der Waals surface area contributed by atoms with Gasteiger partial charge in [0.15, 0.2) is 5.82 Å². The van der Waals surface area contributed by atoms with Gasteiger partial charge in [-0.2, -0.15) is 5.10 Å². The lowest BCUT2D eigenvalue weighted by Crippen LogP contribution is -2.15. The summed E-state index contributed by atoms with van der Waals surface area (Å²) in [6.07, 6.45) is 7.40. The summed E-state index contributed by atoms with van der Waals surface area (Å²) in [5.41, 5.74) is 10.5. The summed E-state index contributed by atoms with van der Waals surface area (Å²) in [5, 5.41) is 8.21. The Balaban J connectivity index is 1.25. The van der Waals surface area contributed by atoms with Crippen molar-refractivity contribution >= 4 is 34.1 Å². The van der Waals surface area contributed by atoms with Crippen LogP contribution in [0.1, 0.15) is 63.1 Å². The molecule has 0 aliphatic heterocycles. The number of carbonyl (C=O) groups is 1. The van der Waals surface area contributed by atoms with E-state index in [4.69, 9.17) is 10.5 Å². The lowest BCUT2D eigenvalue weighted by molar-refractivity contribution is 0.161. The number of nitrogens with zero attached hydrogens (tertiary/aromatic N) is 4. The lowest BCUT2D eigenvalue weighted by atomic mass is 9.81. The number of nitrogens with two attached hydrogens (primary N) is 1. The maximum Gasteiger partial charge on any atom is 0.412 e. The second kappa shape index (κ2) is 9.52. The average molecular weight is 473 g/mol. The number of anilines is 2. The zero-order valence-corrected chi connectivity index (χ0v) is 20.3. The van der Waals surface area contributed by atoms with Gasteiger partial charge in [0.2, 0.25) is 0 Å². The summed E-state index contributed by atoms with van der Waals surface area (Å²) in [7, 11) is 0. The minimum absolute atomic E-state index is 0.266. The van der Waals surface area contributed by atoms with Crippen molar-refractivity contribution in [3.05, 3.63) is 60.0 Å². The molecular formula is C27H32N6O2. The molecule has 5 rings (SSSR count). The second-order valence-electron chi connectivity index (χ2n) is 9.94. The summed E-state index contributed by atoms with van der Waals surface area (Å²) in [6, 6.07) is 14.4. The topological polar surface area (TPSA) is 107 Å². The van der Waals surface area contributed by atoms with Crippen molar-refractivity contribution in [2.24, 2.45) is 5.41 Å². The zero-order valence-electron chi connectivity index (χ0n) is 20.3. The van der Waals surface area contributed by atoms with Gasteiger partial charge in [-0.15, -0.1) is 0 Å². The van der Waals surface area contributed by atoms with Crippen molar-refractivity contribution in [3.63, 3.8) is 0 Å². The van der Waals surface area contributed by atoms with E-state index in [1.165, 1.54) is 24.0 Å². The SMILES string of the molecule is CCCOC(=O)Nc1ccc2ccc(CC[C@]3(C)CCC(c4ccc5c(N)ncnn45)C3)cc2n1. The molecule has 3 N–H and O–H groups in total. The van der Waals surface area contributed by atoms with Crippen LogP contribution in [0.4, 0.5) is 16.4 Å². The van der Waals surface area contributed by atoms with Crippen LogP contribution >= 0.6 is 0 Å². The first-order valence-electron chi connectivity index (χ1n) is 12.4. The number of nitrogen functional groups attached to an aromatic ring is 1. The molecule has 0 spiro atoms. The van der Waals surface area contributed by atoms with E-state index < -0.39 is 6.09 Å². The van der Waals surface area contributed by atoms with E-state index in [0.29, 0.717) is 24.2 Å². The van der Waals surface area contributed by atoms with E-state index >= 15 is 0 Å². The van der Waals surface area contributed by atoms with Gasteiger partial charge in [0.1, 0.15) is 17.7 Å². The Morgan fingerprint density at radius 2 is 2.11 bits per heavy atom. The Morgan fingerprint density at radius 1 is 1.26 bits per heavy atom. The number of amides is 1. The molecular weight excluding hydrogens is 440 g/mol. The Kier molecular flexibility index (Phi) is 6.28. The summed E-state index contributed by atoms with van der Waals surface area (Å²) in [4.78, 5) is 20.6. The highest BCUT2D eigenvalue weighted by Crippen LogP contribution is 2.49. The maximum absolute atomic E-state index is 11.9. The number of rotatable bonds is 7. The van der Waals surface area contributed by atoms with Crippen LogP contribution in [0.15, 0.2) is 48.8 Å². The van der Waals surface area contributed by atoms with E-state index in [-0.39, 0.29) is 5.41 Å². The number of fused-ring (bicyclic) bond motifs is 2. The molecule has 3 aromatic heterocycles. The van der Waals surface area contributed by atoms with Gasteiger partial charge in [0.05, 0.1) is 12.1 Å². The normalized spacial score (nSPS) is 19.9. The molecule has 8 heteroatoms. The van der Waals surface area contributed by atoms with Crippen molar-refractivity contribution < 1.29 is 9.53 Å². The third-order valence-corrected chi connectivity index (χ3v) is 7.21. The number of ether oxygens (including phenoxy) is 1. The van der Waals surface area contributed by atoms with E-state index in [1.54, 1.807) is 6.07 Å². The molecule has 2 atom stereocenters. The van der Waals surface area contributed by atoms with Crippen LogP contribution in [0.3, 0.4) is 0 Å². The fourth-order valence-corrected chi connectivity index (χ4v) is 5.25. The second-order valence-corrected chi connectivity index (χ2v) is 9.94. The van der Waals surface area contributed by atoms with E-state index in [0.717, 1.165) is 48.5 Å². The number of benzene rings is 1. The first-order chi connectivity index (χ1) is 16.9. The van der Waals surface area contributed by atoms with Crippen molar-refractivity contribution in [2.75, 3.05) is 17.7 Å². The van der Waals surface area contributed by atoms with Crippen LogP contribution in [0.2, 0.25) is 0 Å². The summed E-state index contributed by atoms with van der Waals surface area (Å²) in [5.74, 6) is 1.49. The first-order valence-corrected chi connectivity index (χ1v) is 12.4. The van der Waals surface area contributed by atoms with Crippen molar-refractivity contribution in [3.8, 4) is 0 Å². The molecule has 0 radical (unpaired) electrons. The predicted molar refractivity (Wildman–Crippen MR) is 137 cm³/mol. The van der Waals surface area contributed by atoms with Gasteiger partial charge in [-0.1, -0.05) is 26.0 Å². The third-order valence-electron chi connectivity index (χ3n) is 7.21. The summed E-state index contributed by atoms with van der Waals surface area (Å²) in [6.45, 7) is 4.75. The maximum atomic E-state index is 11.9.